The Morgan fingerprint density at radius 3 is 2.86 bits per heavy atom. The van der Waals surface area contributed by atoms with E-state index in [2.05, 4.69) is 27.1 Å². The van der Waals surface area contributed by atoms with E-state index in [-0.39, 0.29) is 11.9 Å². The topological polar surface area (TPSA) is 58.1 Å². The Hall–Kier alpha value is -1.14. The van der Waals surface area contributed by atoms with E-state index < -0.39 is 0 Å². The third kappa shape index (κ3) is 4.95. The second-order valence-electron chi connectivity index (χ2n) is 5.67. The molecular formula is C16H26N4OS. The fourth-order valence-corrected chi connectivity index (χ4v) is 3.56. The Bertz CT molecular complexity index is 466. The Labute approximate surface area is 137 Å². The molecule has 0 saturated carbocycles. The van der Waals surface area contributed by atoms with Crippen molar-refractivity contribution in [3.8, 4) is 0 Å². The third-order valence-corrected chi connectivity index (χ3v) is 4.92. The monoisotopic (exact) mass is 322 g/mol. The van der Waals surface area contributed by atoms with Gasteiger partial charge in [-0.1, -0.05) is 31.5 Å². The quantitative estimate of drug-likeness (QED) is 0.475. The molecule has 1 aliphatic rings. The lowest BCUT2D eigenvalue weighted by Crippen LogP contribution is -2.48. The first-order chi connectivity index (χ1) is 10.7. The summed E-state index contributed by atoms with van der Waals surface area (Å²) in [5.41, 5.74) is 1.08. The average molecular weight is 322 g/mol. The van der Waals surface area contributed by atoms with Crippen LogP contribution in [0.2, 0.25) is 0 Å². The van der Waals surface area contributed by atoms with Crippen LogP contribution in [0.5, 0.6) is 0 Å². The van der Waals surface area contributed by atoms with Gasteiger partial charge in [-0.15, -0.1) is 0 Å². The van der Waals surface area contributed by atoms with Crippen LogP contribution in [0, 0.1) is 0 Å². The van der Waals surface area contributed by atoms with Crippen LogP contribution in [0.4, 0.5) is 0 Å². The molecule has 2 rings (SSSR count). The van der Waals surface area contributed by atoms with Crippen molar-refractivity contribution in [1.29, 1.82) is 0 Å². The van der Waals surface area contributed by atoms with Crippen molar-refractivity contribution in [3.05, 3.63) is 18.0 Å². The predicted molar refractivity (Wildman–Crippen MR) is 89.8 cm³/mol. The lowest BCUT2D eigenvalue weighted by Gasteiger charge is -2.34. The average Bonchev–Trinajstić information content (AvgIpc) is 2.56. The van der Waals surface area contributed by atoms with Crippen LogP contribution in [-0.2, 0) is 11.3 Å². The summed E-state index contributed by atoms with van der Waals surface area (Å²) in [5, 5.41) is 3.62. The number of aromatic nitrogens is 2. The van der Waals surface area contributed by atoms with Gasteiger partial charge in [0.05, 0.1) is 6.04 Å². The maximum Gasteiger partial charge on any atom is 0.237 e. The van der Waals surface area contributed by atoms with Crippen LogP contribution in [0.15, 0.2) is 17.6 Å². The number of likely N-dealkylation sites (tertiary alicyclic amines) is 1. The van der Waals surface area contributed by atoms with Gasteiger partial charge >= 0.3 is 0 Å². The van der Waals surface area contributed by atoms with E-state index in [0.717, 1.165) is 48.8 Å². The van der Waals surface area contributed by atoms with Crippen molar-refractivity contribution in [2.75, 3.05) is 19.3 Å². The Kier molecular flexibility index (Phi) is 7.12. The summed E-state index contributed by atoms with van der Waals surface area (Å²) in [6.45, 7) is 3.90. The van der Waals surface area contributed by atoms with E-state index in [1.54, 1.807) is 18.8 Å². The summed E-state index contributed by atoms with van der Waals surface area (Å²) in [6.07, 6.45) is 9.40. The largest absolute Gasteiger partial charge is 0.358 e. The van der Waals surface area contributed by atoms with E-state index in [9.17, 15) is 4.79 Å². The molecule has 2 heterocycles. The van der Waals surface area contributed by atoms with Gasteiger partial charge < -0.3 is 5.32 Å². The molecule has 1 aromatic heterocycles. The number of rotatable bonds is 7. The number of nitrogens with one attached hydrogen (secondary N) is 1. The summed E-state index contributed by atoms with van der Waals surface area (Å²) < 4.78 is 0. The SMILES string of the molecule is CCCCSc1ncc(CN2CCCC[C@H]2C(=O)NC)cn1. The normalized spacial score (nSPS) is 19.1. The lowest BCUT2D eigenvalue weighted by molar-refractivity contribution is -0.127. The van der Waals surface area contributed by atoms with Gasteiger partial charge in [0.1, 0.15) is 0 Å². The van der Waals surface area contributed by atoms with E-state index >= 15 is 0 Å². The minimum Gasteiger partial charge on any atom is -0.358 e. The fraction of sp³-hybridized carbons (Fsp3) is 0.688. The lowest BCUT2D eigenvalue weighted by atomic mass is 10.0. The number of hydrogen-bond acceptors (Lipinski definition) is 5. The molecule has 1 amide bonds. The number of amides is 1. The highest BCUT2D eigenvalue weighted by atomic mass is 32.2. The molecule has 1 fully saturated rings. The highest BCUT2D eigenvalue weighted by molar-refractivity contribution is 7.99. The van der Waals surface area contributed by atoms with Crippen molar-refractivity contribution < 1.29 is 4.79 Å². The van der Waals surface area contributed by atoms with Crippen LogP contribution >= 0.6 is 11.8 Å². The molecule has 0 bridgehead atoms. The summed E-state index contributed by atoms with van der Waals surface area (Å²) in [5.74, 6) is 1.19. The number of carbonyl (C=O) groups is 1. The van der Waals surface area contributed by atoms with Crippen LogP contribution < -0.4 is 5.32 Å². The van der Waals surface area contributed by atoms with Gasteiger partial charge in [0.25, 0.3) is 0 Å². The van der Waals surface area contributed by atoms with Gasteiger partial charge in [-0.2, -0.15) is 0 Å². The van der Waals surface area contributed by atoms with Gasteiger partial charge in [0.15, 0.2) is 5.16 Å². The van der Waals surface area contributed by atoms with Gasteiger partial charge in [0.2, 0.25) is 5.91 Å². The molecule has 6 heteroatoms. The summed E-state index contributed by atoms with van der Waals surface area (Å²) in [6, 6.07) is -0.0163. The first-order valence-corrected chi connectivity index (χ1v) is 9.12. The van der Waals surface area contributed by atoms with Gasteiger partial charge in [0, 0.05) is 37.3 Å². The molecule has 22 heavy (non-hydrogen) atoms. The second-order valence-corrected chi connectivity index (χ2v) is 6.73. The highest BCUT2D eigenvalue weighted by Gasteiger charge is 2.27. The number of carbonyl (C=O) groups excluding carboxylic acids is 1. The van der Waals surface area contributed by atoms with Gasteiger partial charge in [-0.25, -0.2) is 9.97 Å². The van der Waals surface area contributed by atoms with E-state index in [4.69, 9.17) is 0 Å². The van der Waals surface area contributed by atoms with Crippen LogP contribution in [0.3, 0.4) is 0 Å². The fourth-order valence-electron chi connectivity index (χ4n) is 2.69. The Morgan fingerprint density at radius 2 is 2.18 bits per heavy atom. The molecule has 122 valence electrons. The van der Waals surface area contributed by atoms with Crippen LogP contribution in [-0.4, -0.2) is 46.2 Å². The first kappa shape index (κ1) is 17.2. The van der Waals surface area contributed by atoms with E-state index in [1.807, 2.05) is 12.4 Å². The maximum absolute atomic E-state index is 12.0. The van der Waals surface area contributed by atoms with Gasteiger partial charge in [-0.05, 0) is 25.8 Å². The molecular weight excluding hydrogens is 296 g/mol. The smallest absolute Gasteiger partial charge is 0.237 e. The molecule has 0 aliphatic carbocycles. The zero-order valence-corrected chi connectivity index (χ0v) is 14.4. The second kappa shape index (κ2) is 9.10. The number of hydrogen-bond donors (Lipinski definition) is 1. The van der Waals surface area contributed by atoms with Crippen molar-refractivity contribution >= 4 is 17.7 Å². The molecule has 1 aromatic rings. The number of nitrogens with zero attached hydrogens (tertiary/aromatic N) is 3. The molecule has 5 nitrogen and oxygen atoms in total. The van der Waals surface area contributed by atoms with Gasteiger partial charge in [-0.3, -0.25) is 9.69 Å². The van der Waals surface area contributed by atoms with Crippen molar-refractivity contribution in [1.82, 2.24) is 20.2 Å². The van der Waals surface area contributed by atoms with Crippen LogP contribution in [0.1, 0.15) is 44.6 Å². The summed E-state index contributed by atoms with van der Waals surface area (Å²) in [4.78, 5) is 23.1. The van der Waals surface area contributed by atoms with E-state index in [1.165, 1.54) is 12.8 Å². The van der Waals surface area contributed by atoms with Crippen molar-refractivity contribution in [2.24, 2.45) is 0 Å². The predicted octanol–water partition coefficient (Wildman–Crippen LogP) is 2.47. The zero-order chi connectivity index (χ0) is 15.8. The van der Waals surface area contributed by atoms with E-state index in [0.29, 0.717) is 0 Å². The zero-order valence-electron chi connectivity index (χ0n) is 13.5. The number of thioether (sulfide) groups is 1. The summed E-state index contributed by atoms with van der Waals surface area (Å²) >= 11 is 1.71. The first-order valence-electron chi connectivity index (χ1n) is 8.14. The molecule has 1 N–H and O–H groups in total. The van der Waals surface area contributed by atoms with Crippen molar-refractivity contribution in [2.45, 2.75) is 56.8 Å². The highest BCUT2D eigenvalue weighted by Crippen LogP contribution is 2.20. The molecule has 0 aromatic carbocycles. The molecule has 0 unspecified atom stereocenters. The molecule has 0 spiro atoms. The molecule has 1 saturated heterocycles. The summed E-state index contributed by atoms with van der Waals surface area (Å²) in [7, 11) is 1.71. The van der Waals surface area contributed by atoms with Crippen molar-refractivity contribution in [3.63, 3.8) is 0 Å². The number of likely N-dealkylation sites (N-methyl/N-ethyl adjacent to an activating group) is 1. The standard InChI is InChI=1S/C16H26N4OS/c1-3-4-9-22-16-18-10-13(11-19-16)12-20-8-6-5-7-14(20)15(21)17-2/h10-11,14H,3-9,12H2,1-2H3,(H,17,21)/t14-/m0/s1. The molecule has 0 radical (unpaired) electrons. The minimum absolute atomic E-state index is 0.0163. The Morgan fingerprint density at radius 1 is 1.41 bits per heavy atom. The molecule has 1 aliphatic heterocycles. The molecule has 1 atom stereocenters. The Balaban J connectivity index is 1.92. The number of unbranched alkanes of at least 4 members (excludes halogenated alkanes) is 1. The minimum atomic E-state index is -0.0163. The van der Waals surface area contributed by atoms with Crippen LogP contribution in [0.25, 0.3) is 0 Å². The number of piperidine rings is 1. The third-order valence-electron chi connectivity index (χ3n) is 3.96. The maximum atomic E-state index is 12.0.